The highest BCUT2D eigenvalue weighted by atomic mass is 32.2. The normalized spacial score (nSPS) is 21.7. The second-order valence-electron chi connectivity index (χ2n) is 9.28. The Labute approximate surface area is 205 Å². The molecule has 1 aromatic heterocycles. The molecule has 182 valence electrons. The van der Waals surface area contributed by atoms with Crippen molar-refractivity contribution < 1.29 is 16.8 Å². The molecule has 34 heavy (non-hydrogen) atoms. The van der Waals surface area contributed by atoms with E-state index in [1.807, 2.05) is 25.1 Å². The highest BCUT2D eigenvalue weighted by Crippen LogP contribution is 2.35. The van der Waals surface area contributed by atoms with E-state index in [9.17, 15) is 16.8 Å². The van der Waals surface area contributed by atoms with Gasteiger partial charge in [0.05, 0.1) is 25.0 Å². The van der Waals surface area contributed by atoms with Crippen LogP contribution in [0.4, 0.5) is 0 Å². The van der Waals surface area contributed by atoms with Crippen LogP contribution < -0.4 is 0 Å². The Balaban J connectivity index is 1.32. The molecule has 1 atom stereocenters. The van der Waals surface area contributed by atoms with Gasteiger partial charge in [-0.25, -0.2) is 21.8 Å². The Morgan fingerprint density at radius 3 is 2.21 bits per heavy atom. The first-order valence-corrected chi connectivity index (χ1v) is 15.4. The van der Waals surface area contributed by atoms with Crippen LogP contribution in [-0.4, -0.2) is 56.6 Å². The van der Waals surface area contributed by atoms with E-state index in [4.69, 9.17) is 4.98 Å². The predicted molar refractivity (Wildman–Crippen MR) is 134 cm³/mol. The van der Waals surface area contributed by atoms with Crippen molar-refractivity contribution in [1.82, 2.24) is 13.6 Å². The van der Waals surface area contributed by atoms with Crippen LogP contribution in [-0.2, 0) is 20.0 Å². The van der Waals surface area contributed by atoms with Crippen molar-refractivity contribution in [3.63, 3.8) is 0 Å². The number of fused-ring (bicyclic) bond motifs is 1. The largest absolute Gasteiger partial charge is 0.243 e. The van der Waals surface area contributed by atoms with Gasteiger partial charge in [0.15, 0.2) is 0 Å². The van der Waals surface area contributed by atoms with E-state index in [-0.39, 0.29) is 15.7 Å². The molecule has 2 aliphatic heterocycles. The average molecular weight is 520 g/mol. The van der Waals surface area contributed by atoms with E-state index < -0.39 is 20.0 Å². The van der Waals surface area contributed by atoms with Gasteiger partial charge in [0.2, 0.25) is 20.0 Å². The molecular formula is C24H29N3O4S3. The second kappa shape index (κ2) is 9.31. The molecule has 0 saturated carbocycles. The van der Waals surface area contributed by atoms with Crippen molar-refractivity contribution >= 4 is 41.6 Å². The Morgan fingerprint density at radius 1 is 0.853 bits per heavy atom. The molecule has 2 fully saturated rings. The Hall–Kier alpha value is -1.85. The summed E-state index contributed by atoms with van der Waals surface area (Å²) in [4.78, 5) is 4.84. The van der Waals surface area contributed by atoms with E-state index in [0.717, 1.165) is 28.1 Å². The summed E-state index contributed by atoms with van der Waals surface area (Å²) in [5, 5.41) is 1.06. The van der Waals surface area contributed by atoms with Crippen molar-refractivity contribution in [3.05, 3.63) is 53.5 Å². The minimum Gasteiger partial charge on any atom is -0.241 e. The van der Waals surface area contributed by atoms with Gasteiger partial charge in [-0.2, -0.15) is 8.61 Å². The SMILES string of the molecule is C[C@@H]1CCCN(S(=O)(=O)c2cccc(S(=O)(=O)N3CCC(c4nc5ccccc5s4)CC3)c2)C1. The minimum atomic E-state index is -3.78. The average Bonchev–Trinajstić information content (AvgIpc) is 3.29. The van der Waals surface area contributed by atoms with Crippen LogP contribution in [0.2, 0.25) is 0 Å². The zero-order valence-corrected chi connectivity index (χ0v) is 21.6. The van der Waals surface area contributed by atoms with Gasteiger partial charge in [0.25, 0.3) is 0 Å². The van der Waals surface area contributed by atoms with Gasteiger partial charge in [-0.3, -0.25) is 0 Å². The zero-order chi connectivity index (χ0) is 23.9. The number of thiazole rings is 1. The van der Waals surface area contributed by atoms with Gasteiger partial charge in [-0.1, -0.05) is 25.1 Å². The summed E-state index contributed by atoms with van der Waals surface area (Å²) in [6.45, 7) is 3.77. The highest BCUT2D eigenvalue weighted by Gasteiger charge is 2.33. The van der Waals surface area contributed by atoms with Gasteiger partial charge in [-0.15, -0.1) is 11.3 Å². The molecule has 0 N–H and O–H groups in total. The molecule has 7 nitrogen and oxygen atoms in total. The summed E-state index contributed by atoms with van der Waals surface area (Å²) >= 11 is 1.68. The maximum Gasteiger partial charge on any atom is 0.243 e. The summed E-state index contributed by atoms with van der Waals surface area (Å²) in [6.07, 6.45) is 3.22. The van der Waals surface area contributed by atoms with Gasteiger partial charge in [0.1, 0.15) is 0 Å². The number of nitrogens with zero attached hydrogens (tertiary/aromatic N) is 3. The first kappa shape index (κ1) is 23.9. The zero-order valence-electron chi connectivity index (χ0n) is 19.1. The molecule has 0 amide bonds. The summed E-state index contributed by atoms with van der Waals surface area (Å²) < 4.78 is 57.2. The number of rotatable bonds is 5. The molecule has 0 spiro atoms. The van der Waals surface area contributed by atoms with E-state index in [2.05, 4.69) is 6.07 Å². The maximum absolute atomic E-state index is 13.4. The number of benzene rings is 2. The fourth-order valence-electron chi connectivity index (χ4n) is 4.87. The first-order chi connectivity index (χ1) is 16.2. The predicted octanol–water partition coefficient (Wildman–Crippen LogP) is 4.29. The lowest BCUT2D eigenvalue weighted by Crippen LogP contribution is -2.39. The Kier molecular flexibility index (Phi) is 6.54. The summed E-state index contributed by atoms with van der Waals surface area (Å²) in [7, 11) is -7.51. The van der Waals surface area contributed by atoms with Crippen LogP contribution in [0.25, 0.3) is 10.2 Å². The van der Waals surface area contributed by atoms with E-state index >= 15 is 0 Å². The van der Waals surface area contributed by atoms with Crippen LogP contribution in [0.3, 0.4) is 0 Å². The van der Waals surface area contributed by atoms with Crippen LogP contribution in [0.5, 0.6) is 0 Å². The summed E-state index contributed by atoms with van der Waals surface area (Å²) in [6, 6.07) is 13.9. The number of sulfonamides is 2. The molecule has 0 aliphatic carbocycles. The number of hydrogen-bond acceptors (Lipinski definition) is 6. The lowest BCUT2D eigenvalue weighted by molar-refractivity contribution is 0.281. The highest BCUT2D eigenvalue weighted by molar-refractivity contribution is 7.90. The fourth-order valence-corrected chi connectivity index (χ4v) is 9.24. The number of piperidine rings is 2. The van der Waals surface area contributed by atoms with Crippen molar-refractivity contribution in [3.8, 4) is 0 Å². The minimum absolute atomic E-state index is 0.0390. The molecule has 2 saturated heterocycles. The molecule has 0 radical (unpaired) electrons. The standard InChI is InChI=1S/C24H29N3O4S3/c1-18-6-5-13-27(17-18)34(30,31)21-8-4-7-20(16-21)33(28,29)26-14-11-19(12-15-26)24-25-22-9-2-3-10-23(22)32-24/h2-4,7-10,16,18-19H,5-6,11-15,17H2,1H3/t18-/m1/s1. The molecule has 3 heterocycles. The summed E-state index contributed by atoms with van der Waals surface area (Å²) in [5.74, 6) is 0.531. The quantitative estimate of drug-likeness (QED) is 0.502. The second-order valence-corrected chi connectivity index (χ2v) is 14.2. The molecule has 0 unspecified atom stereocenters. The Morgan fingerprint density at radius 2 is 1.53 bits per heavy atom. The van der Waals surface area contributed by atoms with Gasteiger partial charge in [-0.05, 0) is 61.9 Å². The van der Waals surface area contributed by atoms with Crippen molar-refractivity contribution in [2.45, 2.75) is 48.3 Å². The van der Waals surface area contributed by atoms with E-state index in [1.165, 1.54) is 32.9 Å². The van der Waals surface area contributed by atoms with Crippen LogP contribution in [0.1, 0.15) is 43.5 Å². The van der Waals surface area contributed by atoms with Crippen molar-refractivity contribution in [1.29, 1.82) is 0 Å². The van der Waals surface area contributed by atoms with Crippen molar-refractivity contribution in [2.75, 3.05) is 26.2 Å². The molecule has 2 aromatic carbocycles. The summed E-state index contributed by atoms with van der Waals surface area (Å²) in [5.41, 5.74) is 0.985. The topological polar surface area (TPSA) is 87.7 Å². The lowest BCUT2D eigenvalue weighted by atomic mass is 9.99. The number of hydrogen-bond donors (Lipinski definition) is 0. The van der Waals surface area contributed by atoms with Crippen molar-refractivity contribution in [2.24, 2.45) is 5.92 Å². The van der Waals surface area contributed by atoms with Gasteiger partial charge >= 0.3 is 0 Å². The first-order valence-electron chi connectivity index (χ1n) is 11.7. The molecular weight excluding hydrogens is 490 g/mol. The fraction of sp³-hybridized carbons (Fsp3) is 0.458. The third-order valence-corrected chi connectivity index (χ3v) is 11.8. The lowest BCUT2D eigenvalue weighted by Gasteiger charge is -2.31. The molecule has 2 aliphatic rings. The third kappa shape index (κ3) is 4.54. The van der Waals surface area contributed by atoms with E-state index in [1.54, 1.807) is 11.3 Å². The monoisotopic (exact) mass is 519 g/mol. The third-order valence-electron chi connectivity index (χ3n) is 6.81. The molecule has 5 rings (SSSR count). The van der Waals surface area contributed by atoms with E-state index in [0.29, 0.717) is 44.9 Å². The number of para-hydroxylation sites is 1. The smallest absolute Gasteiger partial charge is 0.241 e. The maximum atomic E-state index is 13.4. The van der Waals surface area contributed by atoms with Crippen LogP contribution in [0.15, 0.2) is 58.3 Å². The molecule has 0 bridgehead atoms. The van der Waals surface area contributed by atoms with Crippen LogP contribution in [0, 0.1) is 5.92 Å². The van der Waals surface area contributed by atoms with Gasteiger partial charge < -0.3 is 0 Å². The Bertz CT molecular complexity index is 1360. The molecule has 3 aromatic rings. The number of aromatic nitrogens is 1. The van der Waals surface area contributed by atoms with Crippen LogP contribution >= 0.6 is 11.3 Å². The van der Waals surface area contributed by atoms with Gasteiger partial charge in [0, 0.05) is 32.1 Å². The molecule has 10 heteroatoms.